The number of likely N-dealkylation sites (tertiary alicyclic amines) is 1. The smallest absolute Gasteiger partial charge is 0.118 e. The second-order valence-corrected chi connectivity index (χ2v) is 8.19. The lowest BCUT2D eigenvalue weighted by Crippen LogP contribution is -2.51. The Hall–Kier alpha value is -1.10. The summed E-state index contributed by atoms with van der Waals surface area (Å²) in [6, 6.07) is 9.10. The summed E-state index contributed by atoms with van der Waals surface area (Å²) in [6.07, 6.45) is 8.35. The van der Waals surface area contributed by atoms with Crippen molar-refractivity contribution in [3.63, 3.8) is 0 Å². The van der Waals surface area contributed by atoms with Gasteiger partial charge in [0.25, 0.3) is 0 Å². The van der Waals surface area contributed by atoms with E-state index in [2.05, 4.69) is 9.80 Å². The summed E-state index contributed by atoms with van der Waals surface area (Å²) in [6.45, 7) is 4.93. The van der Waals surface area contributed by atoms with Gasteiger partial charge in [0.1, 0.15) is 5.75 Å². The molecule has 3 heterocycles. The van der Waals surface area contributed by atoms with Gasteiger partial charge in [-0.1, -0.05) is 18.6 Å². The Morgan fingerprint density at radius 3 is 2.24 bits per heavy atom. The maximum atomic E-state index is 11.3. The maximum Gasteiger partial charge on any atom is 0.118 e. The Bertz CT molecular complexity index is 554. The molecular weight excluding hydrogens is 312 g/mol. The number of aliphatic hydroxyl groups is 1. The van der Waals surface area contributed by atoms with Crippen LogP contribution in [0.3, 0.4) is 0 Å². The van der Waals surface area contributed by atoms with Crippen LogP contribution in [0.25, 0.3) is 0 Å². The molecule has 0 spiro atoms. The summed E-state index contributed by atoms with van der Waals surface area (Å²) in [4.78, 5) is 5.33. The van der Waals surface area contributed by atoms with Crippen LogP contribution in [0, 0.1) is 0 Å². The molecule has 1 aromatic rings. The first-order valence-corrected chi connectivity index (χ1v) is 10.0. The van der Waals surface area contributed by atoms with E-state index in [-0.39, 0.29) is 0 Å². The Kier molecular flexibility index (Phi) is 5.03. The first kappa shape index (κ1) is 17.3. The third-order valence-corrected chi connectivity index (χ3v) is 6.67. The second kappa shape index (κ2) is 7.26. The average molecular weight is 344 g/mol. The number of nitrogens with zero attached hydrogens (tertiary/aromatic N) is 2. The molecule has 2 bridgehead atoms. The highest BCUT2D eigenvalue weighted by Crippen LogP contribution is 2.45. The van der Waals surface area contributed by atoms with E-state index < -0.39 is 5.60 Å². The van der Waals surface area contributed by atoms with E-state index in [1.165, 1.54) is 58.3 Å². The highest BCUT2D eigenvalue weighted by Gasteiger charge is 2.48. The zero-order valence-corrected chi connectivity index (χ0v) is 15.5. The van der Waals surface area contributed by atoms with E-state index in [1.807, 2.05) is 24.3 Å². The molecule has 2 unspecified atom stereocenters. The zero-order valence-electron chi connectivity index (χ0n) is 15.5. The highest BCUT2D eigenvalue weighted by atomic mass is 16.5. The van der Waals surface area contributed by atoms with Crippen LogP contribution in [0.15, 0.2) is 24.3 Å². The molecule has 0 aliphatic carbocycles. The van der Waals surface area contributed by atoms with Crippen LogP contribution < -0.4 is 4.74 Å². The van der Waals surface area contributed by atoms with Gasteiger partial charge in [0, 0.05) is 25.2 Å². The molecule has 4 rings (SSSR count). The monoisotopic (exact) mass is 344 g/mol. The SMILES string of the molecule is COc1ccc(C2(O)CC3CCC(C2)N3CCN2CCCCC2)cc1. The topological polar surface area (TPSA) is 35.9 Å². The zero-order chi connectivity index (χ0) is 17.3. The second-order valence-electron chi connectivity index (χ2n) is 8.19. The van der Waals surface area contributed by atoms with Crippen molar-refractivity contribution in [1.29, 1.82) is 0 Å². The van der Waals surface area contributed by atoms with E-state index in [9.17, 15) is 5.11 Å². The number of fused-ring (bicyclic) bond motifs is 2. The summed E-state index contributed by atoms with van der Waals surface area (Å²) >= 11 is 0. The van der Waals surface area contributed by atoms with Crippen molar-refractivity contribution in [2.45, 2.75) is 62.6 Å². The molecule has 138 valence electrons. The van der Waals surface area contributed by atoms with Gasteiger partial charge in [0.15, 0.2) is 0 Å². The van der Waals surface area contributed by atoms with Crippen LogP contribution in [0.1, 0.15) is 50.5 Å². The van der Waals surface area contributed by atoms with Gasteiger partial charge < -0.3 is 14.7 Å². The third kappa shape index (κ3) is 3.57. The normalized spacial score (nSPS) is 33.5. The Morgan fingerprint density at radius 2 is 1.64 bits per heavy atom. The summed E-state index contributed by atoms with van der Waals surface area (Å²) in [7, 11) is 1.69. The Balaban J connectivity index is 1.40. The van der Waals surface area contributed by atoms with Crippen molar-refractivity contribution in [1.82, 2.24) is 9.80 Å². The molecule has 25 heavy (non-hydrogen) atoms. The fourth-order valence-electron chi connectivity index (χ4n) is 5.26. The quantitative estimate of drug-likeness (QED) is 0.891. The first-order chi connectivity index (χ1) is 12.2. The van der Waals surface area contributed by atoms with E-state index in [0.29, 0.717) is 12.1 Å². The molecule has 2 atom stereocenters. The van der Waals surface area contributed by atoms with Crippen LogP contribution in [0.5, 0.6) is 5.75 Å². The number of hydrogen-bond acceptors (Lipinski definition) is 4. The molecule has 0 radical (unpaired) electrons. The summed E-state index contributed by atoms with van der Waals surface area (Å²) in [5, 5.41) is 11.3. The molecule has 1 aromatic carbocycles. The molecule has 0 saturated carbocycles. The van der Waals surface area contributed by atoms with Crippen LogP contribution in [-0.2, 0) is 5.60 Å². The minimum atomic E-state index is -0.667. The van der Waals surface area contributed by atoms with E-state index in [0.717, 1.165) is 24.2 Å². The van der Waals surface area contributed by atoms with Crippen molar-refractivity contribution in [3.8, 4) is 5.75 Å². The van der Waals surface area contributed by atoms with Crippen molar-refractivity contribution in [2.24, 2.45) is 0 Å². The standard InChI is InChI=1S/C21H32N2O2/c1-25-20-9-5-17(6-10-20)21(24)15-18-7-8-19(16-21)23(18)14-13-22-11-3-2-4-12-22/h5-6,9-10,18-19,24H,2-4,7-8,11-16H2,1H3. The predicted octanol–water partition coefficient (Wildman–Crippen LogP) is 3.00. The van der Waals surface area contributed by atoms with E-state index >= 15 is 0 Å². The summed E-state index contributed by atoms with van der Waals surface area (Å²) in [5.74, 6) is 0.856. The number of benzene rings is 1. The van der Waals surface area contributed by atoms with Crippen LogP contribution in [0.2, 0.25) is 0 Å². The fraction of sp³-hybridized carbons (Fsp3) is 0.714. The van der Waals surface area contributed by atoms with Gasteiger partial charge in [-0.3, -0.25) is 4.90 Å². The highest BCUT2D eigenvalue weighted by molar-refractivity contribution is 5.32. The molecule has 0 amide bonds. The molecule has 3 aliphatic heterocycles. The van der Waals surface area contributed by atoms with Crippen LogP contribution in [0.4, 0.5) is 0 Å². The summed E-state index contributed by atoms with van der Waals surface area (Å²) < 4.78 is 5.26. The van der Waals surface area contributed by atoms with E-state index in [4.69, 9.17) is 4.74 Å². The largest absolute Gasteiger partial charge is 0.497 e. The van der Waals surface area contributed by atoms with Crippen molar-refractivity contribution in [2.75, 3.05) is 33.3 Å². The van der Waals surface area contributed by atoms with Gasteiger partial charge >= 0.3 is 0 Å². The van der Waals surface area contributed by atoms with Gasteiger partial charge in [-0.25, -0.2) is 0 Å². The Morgan fingerprint density at radius 1 is 1.00 bits per heavy atom. The van der Waals surface area contributed by atoms with Gasteiger partial charge in [-0.15, -0.1) is 0 Å². The molecular formula is C21H32N2O2. The molecule has 3 aliphatic rings. The lowest BCUT2D eigenvalue weighted by Gasteiger charge is -2.45. The molecule has 4 nitrogen and oxygen atoms in total. The molecule has 3 saturated heterocycles. The number of ether oxygens (including phenoxy) is 1. The van der Waals surface area contributed by atoms with Gasteiger partial charge in [-0.2, -0.15) is 0 Å². The first-order valence-electron chi connectivity index (χ1n) is 10.0. The average Bonchev–Trinajstić information content (AvgIpc) is 2.91. The number of piperidine rings is 2. The number of hydrogen-bond donors (Lipinski definition) is 1. The van der Waals surface area contributed by atoms with Crippen molar-refractivity contribution < 1.29 is 9.84 Å². The lowest BCUT2D eigenvalue weighted by atomic mass is 9.80. The van der Waals surface area contributed by atoms with Crippen molar-refractivity contribution >= 4 is 0 Å². The maximum absolute atomic E-state index is 11.3. The lowest BCUT2D eigenvalue weighted by molar-refractivity contribution is -0.0586. The predicted molar refractivity (Wildman–Crippen MR) is 99.9 cm³/mol. The minimum Gasteiger partial charge on any atom is -0.497 e. The molecule has 3 fully saturated rings. The Labute approximate surface area is 151 Å². The minimum absolute atomic E-state index is 0.538. The molecule has 0 aromatic heterocycles. The van der Waals surface area contributed by atoms with Gasteiger partial charge in [0.05, 0.1) is 12.7 Å². The van der Waals surface area contributed by atoms with Crippen LogP contribution >= 0.6 is 0 Å². The number of rotatable bonds is 5. The van der Waals surface area contributed by atoms with Crippen LogP contribution in [-0.4, -0.2) is 60.3 Å². The molecule has 4 heteroatoms. The number of methoxy groups -OCH3 is 1. The van der Waals surface area contributed by atoms with Gasteiger partial charge in [0.2, 0.25) is 0 Å². The fourth-order valence-corrected chi connectivity index (χ4v) is 5.26. The van der Waals surface area contributed by atoms with E-state index in [1.54, 1.807) is 7.11 Å². The van der Waals surface area contributed by atoms with Crippen molar-refractivity contribution in [3.05, 3.63) is 29.8 Å². The molecule has 1 N–H and O–H groups in total. The summed E-state index contributed by atoms with van der Waals surface area (Å²) in [5.41, 5.74) is 0.389. The third-order valence-electron chi connectivity index (χ3n) is 6.67. The van der Waals surface area contributed by atoms with Gasteiger partial charge in [-0.05, 0) is 69.3 Å².